The molecule has 3 nitrogen and oxygen atoms in total. The van der Waals surface area contributed by atoms with Crippen molar-refractivity contribution in [2.75, 3.05) is 5.75 Å². The Kier molecular flexibility index (Phi) is 7.28. The third-order valence-electron chi connectivity index (χ3n) is 6.67. The molecule has 5 aromatic rings. The van der Waals surface area contributed by atoms with Crippen molar-refractivity contribution in [1.29, 1.82) is 0 Å². The summed E-state index contributed by atoms with van der Waals surface area (Å²) >= 11 is 0. The molecule has 0 aliphatic carbocycles. The first kappa shape index (κ1) is 26.6. The van der Waals surface area contributed by atoms with Crippen LogP contribution in [0.1, 0.15) is 30.0 Å². The van der Waals surface area contributed by atoms with Crippen molar-refractivity contribution in [3.05, 3.63) is 120 Å². The third-order valence-corrected chi connectivity index (χ3v) is 8.59. The van der Waals surface area contributed by atoms with Gasteiger partial charge in [-0.3, -0.25) is 4.98 Å². The Morgan fingerprint density at radius 1 is 0.769 bits per heavy atom. The Morgan fingerprint density at radius 3 is 2.15 bits per heavy atom. The second kappa shape index (κ2) is 10.7. The number of nitrogens with zero attached hydrogens (tertiary/aromatic N) is 1. The number of hydrogen-bond donors (Lipinski definition) is 0. The molecule has 0 saturated carbocycles. The van der Waals surface area contributed by atoms with Crippen LogP contribution in [0, 0.1) is 0 Å². The highest BCUT2D eigenvalue weighted by Crippen LogP contribution is 2.40. The van der Waals surface area contributed by atoms with Crippen LogP contribution in [0.5, 0.6) is 0 Å². The van der Waals surface area contributed by atoms with E-state index >= 15 is 0 Å². The molecular weight excluding hydrogens is 519 g/mol. The number of pyridine rings is 1. The van der Waals surface area contributed by atoms with E-state index in [1.807, 2.05) is 67.6 Å². The van der Waals surface area contributed by atoms with E-state index in [9.17, 15) is 21.6 Å². The van der Waals surface area contributed by atoms with Crippen molar-refractivity contribution in [2.24, 2.45) is 0 Å². The van der Waals surface area contributed by atoms with Crippen LogP contribution in [0.4, 0.5) is 13.2 Å². The first-order valence-corrected chi connectivity index (χ1v) is 14.3. The number of rotatable bonds is 7. The van der Waals surface area contributed by atoms with Crippen LogP contribution >= 0.6 is 0 Å². The maximum atomic E-state index is 13.9. The first-order valence-electron chi connectivity index (χ1n) is 12.6. The number of benzene rings is 4. The SMILES string of the molecule is CCCS(=O)(=O)c1cccc(-c2cccc(-c3c(Cc4ccccc4)cnc4c(C(F)(F)F)cccc34)c2)c1. The third kappa shape index (κ3) is 5.59. The van der Waals surface area contributed by atoms with Gasteiger partial charge in [-0.15, -0.1) is 0 Å². The van der Waals surface area contributed by atoms with Crippen molar-refractivity contribution in [3.63, 3.8) is 0 Å². The molecule has 0 saturated heterocycles. The number of halogens is 3. The van der Waals surface area contributed by atoms with Gasteiger partial charge in [-0.05, 0) is 70.5 Å². The van der Waals surface area contributed by atoms with Gasteiger partial charge in [0.05, 0.1) is 21.7 Å². The second-order valence-electron chi connectivity index (χ2n) is 9.45. The molecule has 0 aliphatic rings. The lowest BCUT2D eigenvalue weighted by atomic mass is 9.90. The Morgan fingerprint density at radius 2 is 1.44 bits per heavy atom. The van der Waals surface area contributed by atoms with Gasteiger partial charge in [0.25, 0.3) is 0 Å². The van der Waals surface area contributed by atoms with Crippen molar-refractivity contribution in [2.45, 2.75) is 30.8 Å². The van der Waals surface area contributed by atoms with Gasteiger partial charge in [0.2, 0.25) is 0 Å². The Labute approximate surface area is 225 Å². The lowest BCUT2D eigenvalue weighted by Gasteiger charge is -2.17. The van der Waals surface area contributed by atoms with Crippen molar-refractivity contribution in [1.82, 2.24) is 4.98 Å². The quantitative estimate of drug-likeness (QED) is 0.206. The normalized spacial score (nSPS) is 12.1. The van der Waals surface area contributed by atoms with Crippen molar-refractivity contribution >= 4 is 20.7 Å². The number of hydrogen-bond acceptors (Lipinski definition) is 3. The highest BCUT2D eigenvalue weighted by molar-refractivity contribution is 7.91. The Balaban J connectivity index is 1.70. The summed E-state index contributed by atoms with van der Waals surface area (Å²) in [7, 11) is -3.41. The van der Waals surface area contributed by atoms with E-state index in [1.54, 1.807) is 24.3 Å². The van der Waals surface area contributed by atoms with Crippen LogP contribution in [0.2, 0.25) is 0 Å². The van der Waals surface area contributed by atoms with Gasteiger partial charge in [-0.2, -0.15) is 13.2 Å². The zero-order valence-electron chi connectivity index (χ0n) is 21.2. The van der Waals surface area contributed by atoms with Gasteiger partial charge in [0.15, 0.2) is 9.84 Å². The van der Waals surface area contributed by atoms with Gasteiger partial charge < -0.3 is 0 Å². The molecule has 198 valence electrons. The molecule has 0 atom stereocenters. The van der Waals surface area contributed by atoms with Gasteiger partial charge in [0.1, 0.15) is 0 Å². The van der Waals surface area contributed by atoms with Crippen LogP contribution in [-0.2, 0) is 22.4 Å². The summed E-state index contributed by atoms with van der Waals surface area (Å²) < 4.78 is 67.0. The van der Waals surface area contributed by atoms with E-state index in [-0.39, 0.29) is 16.2 Å². The highest BCUT2D eigenvalue weighted by Gasteiger charge is 2.33. The van der Waals surface area contributed by atoms with Crippen LogP contribution < -0.4 is 0 Å². The van der Waals surface area contributed by atoms with E-state index in [1.165, 1.54) is 12.3 Å². The van der Waals surface area contributed by atoms with Crippen molar-refractivity contribution in [3.8, 4) is 22.3 Å². The molecule has 0 aliphatic heterocycles. The van der Waals surface area contributed by atoms with Gasteiger partial charge >= 0.3 is 6.18 Å². The molecule has 7 heteroatoms. The Bertz CT molecular complexity index is 1750. The fourth-order valence-corrected chi connectivity index (χ4v) is 6.26. The summed E-state index contributed by atoms with van der Waals surface area (Å²) in [6.45, 7) is 1.82. The van der Waals surface area contributed by atoms with Crippen LogP contribution in [-0.4, -0.2) is 19.2 Å². The largest absolute Gasteiger partial charge is 0.418 e. The zero-order valence-corrected chi connectivity index (χ0v) is 22.1. The maximum Gasteiger partial charge on any atom is 0.418 e. The predicted octanol–water partition coefficient (Wildman–Crippen LogP) is 8.36. The van der Waals surface area contributed by atoms with Crippen LogP contribution in [0.25, 0.3) is 33.2 Å². The molecule has 0 amide bonds. The van der Waals surface area contributed by atoms with E-state index in [4.69, 9.17) is 0 Å². The smallest absolute Gasteiger partial charge is 0.255 e. The minimum absolute atomic E-state index is 0.0594. The monoisotopic (exact) mass is 545 g/mol. The number of alkyl halides is 3. The van der Waals surface area contributed by atoms with E-state index in [0.29, 0.717) is 29.4 Å². The summed E-state index contributed by atoms with van der Waals surface area (Å²) in [5.41, 5.74) is 3.81. The second-order valence-corrected chi connectivity index (χ2v) is 11.6. The molecule has 39 heavy (non-hydrogen) atoms. The molecule has 0 bridgehead atoms. The number of fused-ring (bicyclic) bond motifs is 1. The molecule has 1 heterocycles. The molecule has 1 aromatic heterocycles. The standard InChI is InChI=1S/C32H26F3NO2S/c1-2-17-39(37,38)27-14-7-12-24(20-27)23-11-6-13-25(19-23)30-26(18-22-9-4-3-5-10-22)21-36-31-28(30)15-8-16-29(31)32(33,34)35/h3-16,19-21H,2,17-18H2,1H3. The summed E-state index contributed by atoms with van der Waals surface area (Å²) in [5.74, 6) is 0.0594. The fourth-order valence-electron chi connectivity index (χ4n) is 4.89. The Hall–Kier alpha value is -3.97. The summed E-state index contributed by atoms with van der Waals surface area (Å²) in [6, 6.07) is 28.1. The molecular formula is C32H26F3NO2S. The zero-order chi connectivity index (χ0) is 27.6. The predicted molar refractivity (Wildman–Crippen MR) is 149 cm³/mol. The molecule has 0 radical (unpaired) electrons. The van der Waals surface area contributed by atoms with E-state index in [2.05, 4.69) is 4.98 Å². The van der Waals surface area contributed by atoms with Gasteiger partial charge in [0, 0.05) is 11.6 Å². The number of para-hydroxylation sites is 1. The highest BCUT2D eigenvalue weighted by atomic mass is 32.2. The topological polar surface area (TPSA) is 47.0 Å². The number of aromatic nitrogens is 1. The minimum atomic E-state index is -4.54. The van der Waals surface area contributed by atoms with E-state index in [0.717, 1.165) is 28.3 Å². The molecule has 0 spiro atoms. The first-order chi connectivity index (χ1) is 18.7. The van der Waals surface area contributed by atoms with Crippen LogP contribution in [0.15, 0.2) is 108 Å². The lowest BCUT2D eigenvalue weighted by molar-refractivity contribution is -0.136. The fraction of sp³-hybridized carbons (Fsp3) is 0.156. The summed E-state index contributed by atoms with van der Waals surface area (Å²) in [4.78, 5) is 4.53. The molecule has 0 N–H and O–H groups in total. The molecule has 5 rings (SSSR count). The lowest BCUT2D eigenvalue weighted by Crippen LogP contribution is -2.07. The van der Waals surface area contributed by atoms with E-state index < -0.39 is 21.6 Å². The average molecular weight is 546 g/mol. The van der Waals surface area contributed by atoms with Gasteiger partial charge in [-0.25, -0.2) is 8.42 Å². The van der Waals surface area contributed by atoms with Gasteiger partial charge in [-0.1, -0.05) is 79.7 Å². The number of sulfone groups is 1. The minimum Gasteiger partial charge on any atom is -0.255 e. The summed E-state index contributed by atoms with van der Waals surface area (Å²) in [5, 5.41) is 0.412. The molecule has 0 fully saturated rings. The van der Waals surface area contributed by atoms with Crippen LogP contribution in [0.3, 0.4) is 0 Å². The average Bonchev–Trinajstić information content (AvgIpc) is 2.93. The molecule has 4 aromatic carbocycles. The molecule has 0 unspecified atom stereocenters. The maximum absolute atomic E-state index is 13.9. The van der Waals surface area contributed by atoms with Crippen molar-refractivity contribution < 1.29 is 21.6 Å². The summed E-state index contributed by atoms with van der Waals surface area (Å²) in [6.07, 6.45) is -2.01.